The molecule has 0 saturated carbocycles. The van der Waals surface area contributed by atoms with Gasteiger partial charge in [-0.2, -0.15) is 0 Å². The highest BCUT2D eigenvalue weighted by atomic mass is 16.4. The summed E-state index contributed by atoms with van der Waals surface area (Å²) in [6, 6.07) is 5.43. The van der Waals surface area contributed by atoms with E-state index < -0.39 is 5.97 Å². The molecule has 3 heteroatoms. The Bertz CT molecular complexity index is 514. The molecule has 1 aliphatic rings. The number of rotatable bonds is 1. The lowest BCUT2D eigenvalue weighted by Gasteiger charge is -1.91. The number of carboxylic acids is 1. The average Bonchev–Trinajstić information content (AvgIpc) is 2.49. The summed E-state index contributed by atoms with van der Waals surface area (Å²) in [6.45, 7) is 3.76. The number of aliphatic imine (C=N–C) groups is 1. The molecule has 1 N–H and O–H groups in total. The van der Waals surface area contributed by atoms with E-state index in [0.717, 1.165) is 5.56 Å². The molecule has 0 saturated heterocycles. The summed E-state index contributed by atoms with van der Waals surface area (Å²) >= 11 is 0. The minimum atomic E-state index is -1.01. The van der Waals surface area contributed by atoms with Crippen molar-refractivity contribution in [3.63, 3.8) is 0 Å². The molecule has 0 bridgehead atoms. The molecule has 0 atom stereocenters. The SMILES string of the molecule is C=c1cccc2c1=C(C(=O)O)N=C2. The van der Waals surface area contributed by atoms with Crippen molar-refractivity contribution in [2.75, 3.05) is 0 Å². The summed E-state index contributed by atoms with van der Waals surface area (Å²) in [5.41, 5.74) is 0.908. The standard InChI is InChI=1S/C10H7NO2/c1-6-3-2-4-7-5-11-9(8(6)7)10(12)13/h2-5H,1H2,(H,12,13). The van der Waals surface area contributed by atoms with Crippen LogP contribution in [-0.4, -0.2) is 17.3 Å². The maximum absolute atomic E-state index is 10.7. The Morgan fingerprint density at radius 3 is 2.92 bits per heavy atom. The molecule has 1 aliphatic heterocycles. The molecule has 0 aliphatic carbocycles. The van der Waals surface area contributed by atoms with Crippen LogP contribution in [-0.2, 0) is 4.79 Å². The van der Waals surface area contributed by atoms with Crippen LogP contribution in [0.2, 0.25) is 0 Å². The highest BCUT2D eigenvalue weighted by Gasteiger charge is 2.13. The van der Waals surface area contributed by atoms with E-state index in [2.05, 4.69) is 11.6 Å². The highest BCUT2D eigenvalue weighted by molar-refractivity contribution is 6.13. The van der Waals surface area contributed by atoms with Gasteiger partial charge >= 0.3 is 5.97 Å². The van der Waals surface area contributed by atoms with Gasteiger partial charge in [-0.25, -0.2) is 9.79 Å². The van der Waals surface area contributed by atoms with Crippen molar-refractivity contribution in [3.05, 3.63) is 34.2 Å². The van der Waals surface area contributed by atoms with Gasteiger partial charge in [-0.05, 0) is 5.22 Å². The van der Waals surface area contributed by atoms with Gasteiger partial charge in [0.2, 0.25) is 0 Å². The zero-order valence-electron chi connectivity index (χ0n) is 6.82. The number of carbonyl (C=O) groups is 1. The predicted molar refractivity (Wildman–Crippen MR) is 49.9 cm³/mol. The van der Waals surface area contributed by atoms with Gasteiger partial charge in [0.25, 0.3) is 0 Å². The smallest absolute Gasteiger partial charge is 0.355 e. The van der Waals surface area contributed by atoms with Crippen molar-refractivity contribution in [2.45, 2.75) is 0 Å². The van der Waals surface area contributed by atoms with Gasteiger partial charge in [0.05, 0.1) is 0 Å². The normalized spacial score (nSPS) is 13.1. The molecular weight excluding hydrogens is 166 g/mol. The zero-order chi connectivity index (χ0) is 9.42. The van der Waals surface area contributed by atoms with Crippen LogP contribution in [0.4, 0.5) is 0 Å². The lowest BCUT2D eigenvalue weighted by molar-refractivity contribution is -0.130. The summed E-state index contributed by atoms with van der Waals surface area (Å²) in [4.78, 5) is 14.6. The number of hydrogen-bond acceptors (Lipinski definition) is 2. The lowest BCUT2D eigenvalue weighted by atomic mass is 10.1. The van der Waals surface area contributed by atoms with Crippen LogP contribution in [0, 0.1) is 0 Å². The van der Waals surface area contributed by atoms with E-state index in [0.29, 0.717) is 10.4 Å². The Kier molecular flexibility index (Phi) is 1.52. The maximum Gasteiger partial charge on any atom is 0.355 e. The number of benzene rings is 1. The monoisotopic (exact) mass is 173 g/mol. The number of aliphatic carboxylic acids is 1. The summed E-state index contributed by atoms with van der Waals surface area (Å²) in [5.74, 6) is -1.01. The van der Waals surface area contributed by atoms with Crippen LogP contribution >= 0.6 is 0 Å². The molecule has 13 heavy (non-hydrogen) atoms. The second-order valence-corrected chi connectivity index (χ2v) is 2.79. The summed E-state index contributed by atoms with van der Waals surface area (Å²) < 4.78 is 0. The second-order valence-electron chi connectivity index (χ2n) is 2.79. The molecule has 1 aromatic rings. The number of fused-ring (bicyclic) bond motifs is 1. The van der Waals surface area contributed by atoms with E-state index in [4.69, 9.17) is 5.11 Å². The first-order valence-corrected chi connectivity index (χ1v) is 3.80. The minimum Gasteiger partial charge on any atom is -0.476 e. The van der Waals surface area contributed by atoms with E-state index in [1.54, 1.807) is 12.3 Å². The Balaban J connectivity index is 2.94. The number of hydrogen-bond donors (Lipinski definition) is 1. The van der Waals surface area contributed by atoms with E-state index in [-0.39, 0.29) is 5.70 Å². The number of nitrogens with zero attached hydrogens (tertiary/aromatic N) is 1. The van der Waals surface area contributed by atoms with Gasteiger partial charge in [0.1, 0.15) is 0 Å². The third-order valence-electron chi connectivity index (χ3n) is 1.96. The summed E-state index contributed by atoms with van der Waals surface area (Å²) in [5, 5.41) is 10.1. The first-order valence-electron chi connectivity index (χ1n) is 3.80. The van der Waals surface area contributed by atoms with Crippen LogP contribution in [0.3, 0.4) is 0 Å². The minimum absolute atomic E-state index is 0.0839. The largest absolute Gasteiger partial charge is 0.476 e. The number of carboxylic acid groups (broad SMARTS) is 1. The van der Waals surface area contributed by atoms with Crippen molar-refractivity contribution in [3.8, 4) is 0 Å². The van der Waals surface area contributed by atoms with Crippen molar-refractivity contribution in [1.82, 2.24) is 0 Å². The molecule has 64 valence electrons. The fraction of sp³-hybridized carbons (Fsp3) is 0. The summed E-state index contributed by atoms with van der Waals surface area (Å²) in [7, 11) is 0. The molecular formula is C10H7NO2. The topological polar surface area (TPSA) is 49.7 Å². The molecule has 0 amide bonds. The van der Waals surface area contributed by atoms with Crippen LogP contribution in [0.5, 0.6) is 0 Å². The van der Waals surface area contributed by atoms with Crippen LogP contribution < -0.4 is 10.4 Å². The van der Waals surface area contributed by atoms with E-state index in [1.165, 1.54) is 0 Å². The zero-order valence-corrected chi connectivity index (χ0v) is 6.82. The van der Waals surface area contributed by atoms with Gasteiger partial charge in [-0.1, -0.05) is 24.8 Å². The Hall–Kier alpha value is -1.90. The van der Waals surface area contributed by atoms with Gasteiger partial charge in [0.15, 0.2) is 5.70 Å². The highest BCUT2D eigenvalue weighted by Crippen LogP contribution is 2.02. The molecule has 0 aromatic heterocycles. The summed E-state index contributed by atoms with van der Waals surface area (Å²) in [6.07, 6.45) is 1.55. The quantitative estimate of drug-likeness (QED) is 0.635. The predicted octanol–water partition coefficient (Wildman–Crippen LogP) is -0.278. The molecule has 0 unspecified atom stereocenters. The first-order chi connectivity index (χ1) is 6.20. The second kappa shape index (κ2) is 2.55. The van der Waals surface area contributed by atoms with Gasteiger partial charge < -0.3 is 5.11 Å². The fourth-order valence-corrected chi connectivity index (χ4v) is 1.38. The third kappa shape index (κ3) is 1.05. The van der Waals surface area contributed by atoms with Crippen LogP contribution in [0.25, 0.3) is 12.3 Å². The van der Waals surface area contributed by atoms with E-state index >= 15 is 0 Å². The van der Waals surface area contributed by atoms with Crippen molar-refractivity contribution < 1.29 is 9.90 Å². The Labute approximate surface area is 74.4 Å². The van der Waals surface area contributed by atoms with E-state index in [9.17, 15) is 4.79 Å². The molecule has 0 radical (unpaired) electrons. The molecule has 0 fully saturated rings. The molecule has 2 rings (SSSR count). The Morgan fingerprint density at radius 1 is 1.46 bits per heavy atom. The van der Waals surface area contributed by atoms with Crippen molar-refractivity contribution >= 4 is 24.5 Å². The molecule has 1 heterocycles. The lowest BCUT2D eigenvalue weighted by Crippen LogP contribution is -2.28. The van der Waals surface area contributed by atoms with Gasteiger partial charge in [-0.15, -0.1) is 0 Å². The molecule has 0 spiro atoms. The Morgan fingerprint density at radius 2 is 2.23 bits per heavy atom. The fourth-order valence-electron chi connectivity index (χ4n) is 1.38. The van der Waals surface area contributed by atoms with Crippen molar-refractivity contribution in [2.24, 2.45) is 4.99 Å². The van der Waals surface area contributed by atoms with Gasteiger partial charge in [-0.3, -0.25) is 0 Å². The first kappa shape index (κ1) is 7.73. The third-order valence-corrected chi connectivity index (χ3v) is 1.96. The molecule has 1 aromatic carbocycles. The maximum atomic E-state index is 10.7. The van der Waals surface area contributed by atoms with Gasteiger partial charge in [0, 0.05) is 17.0 Å². The van der Waals surface area contributed by atoms with Crippen LogP contribution in [0.1, 0.15) is 5.56 Å². The van der Waals surface area contributed by atoms with E-state index in [1.807, 2.05) is 12.1 Å². The average molecular weight is 173 g/mol. The van der Waals surface area contributed by atoms with Crippen molar-refractivity contribution in [1.29, 1.82) is 0 Å². The molecule has 3 nitrogen and oxygen atoms in total. The van der Waals surface area contributed by atoms with Crippen LogP contribution in [0.15, 0.2) is 23.2 Å².